The molecule has 0 aliphatic carbocycles. The van der Waals surface area contributed by atoms with Crippen LogP contribution in [-0.2, 0) is 12.7 Å². The van der Waals surface area contributed by atoms with Crippen LogP contribution in [0.1, 0.15) is 16.7 Å². The molecule has 0 spiro atoms. The lowest BCUT2D eigenvalue weighted by molar-refractivity contribution is -0.384. The predicted octanol–water partition coefficient (Wildman–Crippen LogP) is 3.93. The number of hydrogen-bond acceptors (Lipinski definition) is 4. The zero-order valence-corrected chi connectivity index (χ0v) is 11.5. The number of hydrogen-bond donors (Lipinski definition) is 1. The van der Waals surface area contributed by atoms with Crippen LogP contribution in [0.15, 0.2) is 36.5 Å². The van der Waals surface area contributed by atoms with Crippen LogP contribution < -0.4 is 5.32 Å². The molecule has 2 rings (SSSR count). The fourth-order valence-electron chi connectivity index (χ4n) is 1.87. The molecule has 0 fully saturated rings. The Kier molecular flexibility index (Phi) is 4.30. The van der Waals surface area contributed by atoms with Gasteiger partial charge in [-0.2, -0.15) is 13.2 Å². The number of nitrogens with zero attached hydrogens (tertiary/aromatic N) is 2. The first-order valence-corrected chi connectivity index (χ1v) is 6.29. The Labute approximate surface area is 124 Å². The number of rotatable bonds is 4. The van der Waals surface area contributed by atoms with E-state index in [0.29, 0.717) is 12.3 Å². The van der Waals surface area contributed by atoms with Crippen LogP contribution in [0, 0.1) is 17.0 Å². The molecule has 2 aromatic rings. The standard InChI is InChI=1S/C14H12F3N3O2/c1-9-4-2-3-5-10(9)7-18-13-12(20(21)22)6-11(8-19-13)14(15,16)17/h2-6,8H,7H2,1H3,(H,18,19). The highest BCUT2D eigenvalue weighted by molar-refractivity contribution is 5.57. The number of benzene rings is 1. The van der Waals surface area contributed by atoms with Gasteiger partial charge in [0.15, 0.2) is 0 Å². The van der Waals surface area contributed by atoms with E-state index in [-0.39, 0.29) is 12.4 Å². The van der Waals surface area contributed by atoms with Crippen molar-refractivity contribution in [2.75, 3.05) is 5.32 Å². The van der Waals surface area contributed by atoms with E-state index in [1.54, 1.807) is 6.07 Å². The van der Waals surface area contributed by atoms with Crippen molar-refractivity contribution < 1.29 is 18.1 Å². The average molecular weight is 311 g/mol. The summed E-state index contributed by atoms with van der Waals surface area (Å²) in [4.78, 5) is 13.6. The monoisotopic (exact) mass is 311 g/mol. The molecular formula is C14H12F3N3O2. The lowest BCUT2D eigenvalue weighted by atomic mass is 10.1. The molecule has 0 aliphatic rings. The number of aromatic nitrogens is 1. The number of halogens is 3. The minimum absolute atomic E-state index is 0.193. The molecule has 116 valence electrons. The highest BCUT2D eigenvalue weighted by atomic mass is 19.4. The van der Waals surface area contributed by atoms with Crippen molar-refractivity contribution in [2.45, 2.75) is 19.6 Å². The van der Waals surface area contributed by atoms with E-state index < -0.39 is 22.4 Å². The molecule has 1 N–H and O–H groups in total. The highest BCUT2D eigenvalue weighted by Crippen LogP contribution is 2.33. The second-order valence-electron chi connectivity index (χ2n) is 4.63. The summed E-state index contributed by atoms with van der Waals surface area (Å²) in [5.74, 6) is -0.193. The fourth-order valence-corrected chi connectivity index (χ4v) is 1.87. The Morgan fingerprint density at radius 2 is 2.00 bits per heavy atom. The van der Waals surface area contributed by atoms with Gasteiger partial charge in [0.05, 0.1) is 10.5 Å². The number of anilines is 1. The maximum atomic E-state index is 12.6. The van der Waals surface area contributed by atoms with E-state index in [1.807, 2.05) is 25.1 Å². The van der Waals surface area contributed by atoms with E-state index >= 15 is 0 Å². The summed E-state index contributed by atoms with van der Waals surface area (Å²) < 4.78 is 37.8. The molecule has 0 saturated heterocycles. The smallest absolute Gasteiger partial charge is 0.360 e. The molecule has 5 nitrogen and oxygen atoms in total. The van der Waals surface area contributed by atoms with Gasteiger partial charge in [-0.05, 0) is 18.1 Å². The minimum atomic E-state index is -4.67. The molecule has 0 unspecified atom stereocenters. The van der Waals surface area contributed by atoms with Crippen LogP contribution >= 0.6 is 0 Å². The Bertz CT molecular complexity index is 702. The Hall–Kier alpha value is -2.64. The van der Waals surface area contributed by atoms with Crippen molar-refractivity contribution in [1.82, 2.24) is 4.98 Å². The molecule has 0 saturated carbocycles. The van der Waals surface area contributed by atoms with Gasteiger partial charge in [0.1, 0.15) is 0 Å². The molecule has 0 atom stereocenters. The minimum Gasteiger partial charge on any atom is -0.360 e. The Morgan fingerprint density at radius 3 is 2.59 bits per heavy atom. The summed E-state index contributed by atoms with van der Waals surface area (Å²) in [6.45, 7) is 2.09. The predicted molar refractivity (Wildman–Crippen MR) is 74.4 cm³/mol. The third kappa shape index (κ3) is 3.51. The van der Waals surface area contributed by atoms with Crippen LogP contribution in [0.3, 0.4) is 0 Å². The van der Waals surface area contributed by atoms with E-state index in [4.69, 9.17) is 0 Å². The van der Waals surface area contributed by atoms with Crippen molar-refractivity contribution >= 4 is 11.5 Å². The van der Waals surface area contributed by atoms with Crippen molar-refractivity contribution in [3.05, 3.63) is 63.3 Å². The van der Waals surface area contributed by atoms with Gasteiger partial charge in [-0.3, -0.25) is 10.1 Å². The molecule has 0 bridgehead atoms. The average Bonchev–Trinajstić information content (AvgIpc) is 2.45. The summed E-state index contributed by atoms with van der Waals surface area (Å²) in [7, 11) is 0. The lowest BCUT2D eigenvalue weighted by Crippen LogP contribution is -2.10. The van der Waals surface area contributed by atoms with E-state index in [0.717, 1.165) is 11.1 Å². The lowest BCUT2D eigenvalue weighted by Gasteiger charge is -2.10. The van der Waals surface area contributed by atoms with Crippen LogP contribution in [-0.4, -0.2) is 9.91 Å². The number of aryl methyl sites for hydroxylation is 1. The van der Waals surface area contributed by atoms with Crippen LogP contribution in [0.4, 0.5) is 24.7 Å². The maximum Gasteiger partial charge on any atom is 0.418 e. The third-order valence-electron chi connectivity index (χ3n) is 3.10. The number of alkyl halides is 3. The second-order valence-corrected chi connectivity index (χ2v) is 4.63. The highest BCUT2D eigenvalue weighted by Gasteiger charge is 2.33. The van der Waals surface area contributed by atoms with Gasteiger partial charge in [-0.15, -0.1) is 0 Å². The summed E-state index contributed by atoms with van der Waals surface area (Å²) in [6, 6.07) is 7.81. The van der Waals surface area contributed by atoms with Gasteiger partial charge in [-0.25, -0.2) is 4.98 Å². The van der Waals surface area contributed by atoms with Crippen LogP contribution in [0.5, 0.6) is 0 Å². The third-order valence-corrected chi connectivity index (χ3v) is 3.10. The summed E-state index contributed by atoms with van der Waals surface area (Å²) >= 11 is 0. The normalized spacial score (nSPS) is 11.3. The maximum absolute atomic E-state index is 12.6. The fraction of sp³-hybridized carbons (Fsp3) is 0.214. The molecule has 1 heterocycles. The molecule has 0 amide bonds. The van der Waals surface area contributed by atoms with Gasteiger partial charge in [-0.1, -0.05) is 24.3 Å². The van der Waals surface area contributed by atoms with Crippen molar-refractivity contribution in [1.29, 1.82) is 0 Å². The molecule has 1 aromatic heterocycles. The second kappa shape index (κ2) is 6.00. The van der Waals surface area contributed by atoms with Crippen molar-refractivity contribution in [3.8, 4) is 0 Å². The quantitative estimate of drug-likeness (QED) is 0.686. The molecule has 8 heteroatoms. The molecule has 22 heavy (non-hydrogen) atoms. The number of nitro groups is 1. The van der Waals surface area contributed by atoms with Gasteiger partial charge in [0, 0.05) is 18.8 Å². The zero-order valence-electron chi connectivity index (χ0n) is 11.5. The number of nitrogens with one attached hydrogen (secondary N) is 1. The topological polar surface area (TPSA) is 68.1 Å². The van der Waals surface area contributed by atoms with Gasteiger partial charge >= 0.3 is 11.9 Å². The molecular weight excluding hydrogens is 299 g/mol. The summed E-state index contributed by atoms with van der Waals surface area (Å²) in [6.07, 6.45) is -4.10. The Balaban J connectivity index is 2.27. The van der Waals surface area contributed by atoms with E-state index in [9.17, 15) is 23.3 Å². The van der Waals surface area contributed by atoms with Gasteiger partial charge in [0.2, 0.25) is 5.82 Å². The summed E-state index contributed by atoms with van der Waals surface area (Å²) in [5.41, 5.74) is -0.0212. The Morgan fingerprint density at radius 1 is 1.32 bits per heavy atom. The first kappa shape index (κ1) is 15.7. The first-order valence-electron chi connectivity index (χ1n) is 6.29. The number of pyridine rings is 1. The van der Waals surface area contributed by atoms with Crippen LogP contribution in [0.2, 0.25) is 0 Å². The van der Waals surface area contributed by atoms with Gasteiger partial charge < -0.3 is 5.32 Å². The summed E-state index contributed by atoms with van der Waals surface area (Å²) in [5, 5.41) is 13.6. The van der Waals surface area contributed by atoms with Gasteiger partial charge in [0.25, 0.3) is 0 Å². The zero-order chi connectivity index (χ0) is 16.3. The molecule has 1 aromatic carbocycles. The van der Waals surface area contributed by atoms with Crippen molar-refractivity contribution in [3.63, 3.8) is 0 Å². The van der Waals surface area contributed by atoms with Crippen molar-refractivity contribution in [2.24, 2.45) is 0 Å². The molecule has 0 radical (unpaired) electrons. The van der Waals surface area contributed by atoms with E-state index in [2.05, 4.69) is 10.3 Å². The largest absolute Gasteiger partial charge is 0.418 e. The first-order chi connectivity index (χ1) is 10.3. The van der Waals surface area contributed by atoms with E-state index in [1.165, 1.54) is 0 Å². The molecule has 0 aliphatic heterocycles. The van der Waals surface area contributed by atoms with Crippen LogP contribution in [0.25, 0.3) is 0 Å². The SMILES string of the molecule is Cc1ccccc1CNc1ncc(C(F)(F)F)cc1[N+](=O)[O-].